The first-order valence-corrected chi connectivity index (χ1v) is 8.94. The minimum atomic E-state index is -0.294. The number of hydrogen-bond acceptors (Lipinski definition) is 2. The molecule has 1 aromatic carbocycles. The van der Waals surface area contributed by atoms with E-state index in [-0.39, 0.29) is 16.7 Å². The molecule has 0 saturated carbocycles. The highest BCUT2D eigenvalue weighted by molar-refractivity contribution is 5.81. The van der Waals surface area contributed by atoms with Crippen molar-refractivity contribution >= 4 is 5.91 Å². The van der Waals surface area contributed by atoms with Crippen LogP contribution in [0.4, 0.5) is 0 Å². The Morgan fingerprint density at radius 3 is 2.52 bits per heavy atom. The van der Waals surface area contributed by atoms with Crippen molar-refractivity contribution in [2.45, 2.75) is 52.9 Å². The quantitative estimate of drug-likeness (QED) is 0.808. The summed E-state index contributed by atoms with van der Waals surface area (Å²) in [5.41, 5.74) is 1.31. The molecular weight excluding hydrogens is 284 g/mol. The number of aryl methyl sites for hydroxylation is 1. The van der Waals surface area contributed by atoms with Crippen molar-refractivity contribution in [1.82, 2.24) is 10.6 Å². The van der Waals surface area contributed by atoms with Crippen LogP contribution in [0.2, 0.25) is 0 Å². The lowest BCUT2D eigenvalue weighted by atomic mass is 9.80. The normalized spacial score (nSPS) is 17.7. The van der Waals surface area contributed by atoms with E-state index in [0.29, 0.717) is 0 Å². The van der Waals surface area contributed by atoms with Crippen LogP contribution in [0.1, 0.15) is 52.0 Å². The van der Waals surface area contributed by atoms with Crippen LogP contribution in [-0.2, 0) is 11.2 Å². The Kier molecular flexibility index (Phi) is 6.23. The molecule has 0 spiro atoms. The van der Waals surface area contributed by atoms with Crippen LogP contribution in [0.15, 0.2) is 30.3 Å². The third kappa shape index (κ3) is 5.65. The highest BCUT2D eigenvalue weighted by Crippen LogP contribution is 2.28. The number of nitrogens with one attached hydrogen (secondary N) is 2. The zero-order valence-electron chi connectivity index (χ0n) is 15.0. The maximum absolute atomic E-state index is 12.6. The zero-order chi connectivity index (χ0) is 16.8. The fourth-order valence-corrected chi connectivity index (χ4v) is 3.23. The Hall–Kier alpha value is -1.35. The molecule has 0 unspecified atom stereocenters. The molecule has 0 radical (unpaired) electrons. The maximum atomic E-state index is 12.6. The van der Waals surface area contributed by atoms with Crippen LogP contribution >= 0.6 is 0 Å². The van der Waals surface area contributed by atoms with E-state index >= 15 is 0 Å². The van der Waals surface area contributed by atoms with Gasteiger partial charge in [-0.05, 0) is 56.2 Å². The van der Waals surface area contributed by atoms with Gasteiger partial charge in [0.15, 0.2) is 0 Å². The molecule has 2 rings (SSSR count). The Labute approximate surface area is 141 Å². The number of benzene rings is 1. The monoisotopic (exact) mass is 316 g/mol. The van der Waals surface area contributed by atoms with Gasteiger partial charge in [-0.1, -0.05) is 51.1 Å². The average Bonchev–Trinajstić information content (AvgIpc) is 2.54. The highest BCUT2D eigenvalue weighted by atomic mass is 16.2. The molecule has 1 heterocycles. The zero-order valence-corrected chi connectivity index (χ0v) is 15.0. The lowest BCUT2D eigenvalue weighted by molar-refractivity contribution is -0.130. The first-order chi connectivity index (χ1) is 10.9. The molecule has 3 heteroatoms. The van der Waals surface area contributed by atoms with Crippen molar-refractivity contribution < 1.29 is 4.79 Å². The smallest absolute Gasteiger partial charge is 0.225 e. The number of carbonyl (C=O) groups is 1. The number of carbonyl (C=O) groups excluding carboxylic acids is 1. The molecular formula is C20H32N2O. The molecule has 0 aliphatic carbocycles. The van der Waals surface area contributed by atoms with Gasteiger partial charge < -0.3 is 10.6 Å². The molecule has 0 bridgehead atoms. The van der Waals surface area contributed by atoms with Gasteiger partial charge in [0.2, 0.25) is 5.91 Å². The second-order valence-corrected chi connectivity index (χ2v) is 7.97. The number of piperidine rings is 1. The van der Waals surface area contributed by atoms with Gasteiger partial charge in [0, 0.05) is 12.0 Å². The van der Waals surface area contributed by atoms with E-state index in [0.717, 1.165) is 51.7 Å². The molecule has 128 valence electrons. The Bertz CT molecular complexity index is 490. The van der Waals surface area contributed by atoms with Crippen molar-refractivity contribution in [2.75, 3.05) is 19.6 Å². The molecule has 1 amide bonds. The average molecular weight is 316 g/mol. The molecule has 0 aromatic heterocycles. The Morgan fingerprint density at radius 2 is 1.87 bits per heavy atom. The van der Waals surface area contributed by atoms with Gasteiger partial charge >= 0.3 is 0 Å². The van der Waals surface area contributed by atoms with Crippen molar-refractivity contribution in [3.63, 3.8) is 0 Å². The molecule has 1 saturated heterocycles. The highest BCUT2D eigenvalue weighted by Gasteiger charge is 2.31. The number of rotatable bonds is 7. The molecule has 3 nitrogen and oxygen atoms in total. The summed E-state index contributed by atoms with van der Waals surface area (Å²) in [4.78, 5) is 12.6. The molecule has 1 fully saturated rings. The SMILES string of the molecule is CC1(CNC(=O)C(C)(C)CCCc2ccccc2)CCNCC1. The fraction of sp³-hybridized carbons (Fsp3) is 0.650. The van der Waals surface area contributed by atoms with E-state index in [2.05, 4.69) is 55.7 Å². The third-order valence-electron chi connectivity index (χ3n) is 5.21. The lowest BCUT2D eigenvalue weighted by Gasteiger charge is -2.35. The van der Waals surface area contributed by atoms with Crippen LogP contribution in [-0.4, -0.2) is 25.5 Å². The van der Waals surface area contributed by atoms with E-state index < -0.39 is 0 Å². The van der Waals surface area contributed by atoms with Gasteiger partial charge in [0.05, 0.1) is 0 Å². The van der Waals surface area contributed by atoms with E-state index in [4.69, 9.17) is 0 Å². The number of amides is 1. The van der Waals surface area contributed by atoms with Crippen molar-refractivity contribution in [1.29, 1.82) is 0 Å². The van der Waals surface area contributed by atoms with Crippen molar-refractivity contribution in [3.05, 3.63) is 35.9 Å². The van der Waals surface area contributed by atoms with Crippen molar-refractivity contribution in [2.24, 2.45) is 10.8 Å². The fourth-order valence-electron chi connectivity index (χ4n) is 3.23. The molecule has 23 heavy (non-hydrogen) atoms. The van der Waals surface area contributed by atoms with Gasteiger partial charge in [-0.15, -0.1) is 0 Å². The van der Waals surface area contributed by atoms with Gasteiger partial charge in [-0.3, -0.25) is 4.79 Å². The maximum Gasteiger partial charge on any atom is 0.225 e. The summed E-state index contributed by atoms with van der Waals surface area (Å²) in [6, 6.07) is 10.5. The van der Waals surface area contributed by atoms with Crippen LogP contribution in [0.5, 0.6) is 0 Å². The molecule has 1 aliphatic rings. The molecule has 0 atom stereocenters. The summed E-state index contributed by atoms with van der Waals surface area (Å²) in [5.74, 6) is 0.199. The second-order valence-electron chi connectivity index (χ2n) is 7.97. The number of hydrogen-bond donors (Lipinski definition) is 2. The molecule has 1 aliphatic heterocycles. The summed E-state index contributed by atoms with van der Waals surface area (Å²) in [6.45, 7) is 9.35. The lowest BCUT2D eigenvalue weighted by Crippen LogP contribution is -2.46. The minimum Gasteiger partial charge on any atom is -0.355 e. The largest absolute Gasteiger partial charge is 0.355 e. The van der Waals surface area contributed by atoms with Crippen LogP contribution < -0.4 is 10.6 Å². The van der Waals surface area contributed by atoms with E-state index in [1.807, 2.05) is 6.07 Å². The van der Waals surface area contributed by atoms with Crippen LogP contribution in [0.25, 0.3) is 0 Å². The van der Waals surface area contributed by atoms with Gasteiger partial charge in [0.1, 0.15) is 0 Å². The summed E-state index contributed by atoms with van der Waals surface area (Å²) in [6.07, 6.45) is 5.29. The summed E-state index contributed by atoms with van der Waals surface area (Å²) >= 11 is 0. The van der Waals surface area contributed by atoms with E-state index in [9.17, 15) is 4.79 Å². The van der Waals surface area contributed by atoms with E-state index in [1.54, 1.807) is 0 Å². The first-order valence-electron chi connectivity index (χ1n) is 8.94. The van der Waals surface area contributed by atoms with E-state index in [1.165, 1.54) is 5.56 Å². The Balaban J connectivity index is 1.75. The topological polar surface area (TPSA) is 41.1 Å². The second kappa shape index (κ2) is 7.96. The standard InChI is InChI=1S/C20H32N2O/c1-19(2,11-7-10-17-8-5-4-6-9-17)18(23)22-16-20(3)12-14-21-15-13-20/h4-6,8-9,21H,7,10-16H2,1-3H3,(H,22,23). The molecule has 2 N–H and O–H groups in total. The summed E-state index contributed by atoms with van der Waals surface area (Å²) in [5, 5.41) is 6.60. The Morgan fingerprint density at radius 1 is 1.22 bits per heavy atom. The van der Waals surface area contributed by atoms with Gasteiger partial charge in [-0.25, -0.2) is 0 Å². The van der Waals surface area contributed by atoms with Crippen LogP contribution in [0.3, 0.4) is 0 Å². The predicted octanol–water partition coefficient (Wildman–Crippen LogP) is 3.54. The van der Waals surface area contributed by atoms with Crippen LogP contribution in [0, 0.1) is 10.8 Å². The first kappa shape index (κ1) is 18.0. The van der Waals surface area contributed by atoms with Gasteiger partial charge in [-0.2, -0.15) is 0 Å². The van der Waals surface area contributed by atoms with Gasteiger partial charge in [0.25, 0.3) is 0 Å². The third-order valence-corrected chi connectivity index (χ3v) is 5.21. The minimum absolute atomic E-state index is 0.199. The summed E-state index contributed by atoms with van der Waals surface area (Å²) in [7, 11) is 0. The van der Waals surface area contributed by atoms with Crippen molar-refractivity contribution in [3.8, 4) is 0 Å². The summed E-state index contributed by atoms with van der Waals surface area (Å²) < 4.78 is 0. The predicted molar refractivity (Wildman–Crippen MR) is 96.4 cm³/mol. The molecule has 1 aromatic rings.